The van der Waals surface area contributed by atoms with Crippen molar-refractivity contribution in [2.24, 2.45) is 0 Å². The van der Waals surface area contributed by atoms with Crippen LogP contribution >= 0.6 is 0 Å². The van der Waals surface area contributed by atoms with Gasteiger partial charge in [0.2, 0.25) is 5.95 Å². The number of carbonyl (C=O) groups excluding carboxylic acids is 1. The van der Waals surface area contributed by atoms with Crippen molar-refractivity contribution in [3.05, 3.63) is 42.2 Å². The highest BCUT2D eigenvalue weighted by Crippen LogP contribution is 2.30. The Morgan fingerprint density at radius 3 is 2.08 bits per heavy atom. The van der Waals surface area contributed by atoms with E-state index in [4.69, 9.17) is 9.47 Å². The number of rotatable bonds is 4. The van der Waals surface area contributed by atoms with Gasteiger partial charge in [0.1, 0.15) is 17.1 Å². The summed E-state index contributed by atoms with van der Waals surface area (Å²) in [6, 6.07) is 7.13. The van der Waals surface area contributed by atoms with Crippen molar-refractivity contribution in [3.63, 3.8) is 0 Å². The molecule has 3 rings (SSSR count). The van der Waals surface area contributed by atoms with E-state index in [-0.39, 0.29) is 5.91 Å². The highest BCUT2D eigenvalue weighted by Gasteiger charge is 2.27. The maximum atomic E-state index is 12.9. The predicted octanol–water partition coefficient (Wildman–Crippen LogP) is 1.46. The van der Waals surface area contributed by atoms with Gasteiger partial charge in [-0.25, -0.2) is 9.97 Å². The third-order valence-corrected chi connectivity index (χ3v) is 4.04. The summed E-state index contributed by atoms with van der Waals surface area (Å²) in [7, 11) is 3.10. The summed E-state index contributed by atoms with van der Waals surface area (Å²) in [5.74, 6) is 1.65. The number of piperazine rings is 1. The predicted molar refractivity (Wildman–Crippen MR) is 89.7 cm³/mol. The van der Waals surface area contributed by atoms with Gasteiger partial charge in [-0.2, -0.15) is 0 Å². The van der Waals surface area contributed by atoms with Crippen molar-refractivity contribution in [2.75, 3.05) is 45.3 Å². The first kappa shape index (κ1) is 16.0. The molecule has 0 spiro atoms. The molecule has 2 heterocycles. The average molecular weight is 328 g/mol. The Kier molecular flexibility index (Phi) is 4.79. The minimum atomic E-state index is -0.0852. The third-order valence-electron chi connectivity index (χ3n) is 4.04. The number of hydrogen-bond acceptors (Lipinski definition) is 6. The summed E-state index contributed by atoms with van der Waals surface area (Å²) < 4.78 is 10.7. The summed E-state index contributed by atoms with van der Waals surface area (Å²) in [6.07, 6.45) is 3.44. The van der Waals surface area contributed by atoms with Gasteiger partial charge in [-0.05, 0) is 18.2 Å². The topological polar surface area (TPSA) is 67.8 Å². The number of ether oxygens (including phenoxy) is 2. The van der Waals surface area contributed by atoms with Crippen molar-refractivity contribution < 1.29 is 14.3 Å². The van der Waals surface area contributed by atoms with E-state index < -0.39 is 0 Å². The summed E-state index contributed by atoms with van der Waals surface area (Å²) in [5.41, 5.74) is 0.465. The lowest BCUT2D eigenvalue weighted by atomic mass is 10.1. The van der Waals surface area contributed by atoms with Crippen molar-refractivity contribution in [3.8, 4) is 11.5 Å². The van der Waals surface area contributed by atoms with Gasteiger partial charge in [0, 0.05) is 38.6 Å². The molecular weight excluding hydrogens is 308 g/mol. The largest absolute Gasteiger partial charge is 0.496 e. The summed E-state index contributed by atoms with van der Waals surface area (Å²) >= 11 is 0. The van der Waals surface area contributed by atoms with E-state index in [9.17, 15) is 4.79 Å². The lowest BCUT2D eigenvalue weighted by Crippen LogP contribution is -2.49. The van der Waals surface area contributed by atoms with Gasteiger partial charge in [0.25, 0.3) is 5.91 Å². The number of nitrogens with zero attached hydrogens (tertiary/aromatic N) is 4. The Balaban J connectivity index is 1.74. The number of aromatic nitrogens is 2. The second-order valence-corrected chi connectivity index (χ2v) is 5.37. The Bertz CT molecular complexity index is 678. The van der Waals surface area contributed by atoms with Gasteiger partial charge in [-0.1, -0.05) is 6.07 Å². The SMILES string of the molecule is COc1cccc(OC)c1C(=O)N1CCN(c2ncccn2)CC1. The van der Waals surface area contributed by atoms with Crippen molar-refractivity contribution in [1.29, 1.82) is 0 Å². The molecule has 7 heteroatoms. The standard InChI is InChI=1S/C17H20N4O3/c1-23-13-5-3-6-14(24-2)15(13)16(22)20-9-11-21(12-10-20)17-18-7-4-8-19-17/h3-8H,9-12H2,1-2H3. The van der Waals surface area contributed by atoms with Crippen LogP contribution in [-0.4, -0.2) is 61.2 Å². The smallest absolute Gasteiger partial charge is 0.261 e. The van der Waals surface area contributed by atoms with Crippen molar-refractivity contribution in [1.82, 2.24) is 14.9 Å². The van der Waals surface area contributed by atoms with E-state index in [1.807, 2.05) is 0 Å². The van der Waals surface area contributed by atoms with Crippen LogP contribution in [0.25, 0.3) is 0 Å². The summed E-state index contributed by atoms with van der Waals surface area (Å²) in [5, 5.41) is 0. The summed E-state index contributed by atoms with van der Waals surface area (Å²) in [6.45, 7) is 2.57. The molecule has 1 aliphatic heterocycles. The number of hydrogen-bond donors (Lipinski definition) is 0. The van der Waals surface area contributed by atoms with Gasteiger partial charge in [-0.15, -0.1) is 0 Å². The van der Waals surface area contributed by atoms with Crippen molar-refractivity contribution >= 4 is 11.9 Å². The molecule has 1 aromatic carbocycles. The molecule has 1 saturated heterocycles. The number of carbonyl (C=O) groups is 1. The number of anilines is 1. The first-order chi connectivity index (χ1) is 11.7. The molecule has 1 aromatic heterocycles. The van der Waals surface area contributed by atoms with Crippen LogP contribution in [0.3, 0.4) is 0 Å². The molecule has 1 amide bonds. The molecule has 0 saturated carbocycles. The van der Waals surface area contributed by atoms with E-state index in [0.29, 0.717) is 49.2 Å². The zero-order chi connectivity index (χ0) is 16.9. The monoisotopic (exact) mass is 328 g/mol. The van der Waals surface area contributed by atoms with Gasteiger partial charge in [0.15, 0.2) is 0 Å². The molecule has 2 aromatic rings. The average Bonchev–Trinajstić information content (AvgIpc) is 2.67. The minimum absolute atomic E-state index is 0.0852. The van der Waals surface area contributed by atoms with Crippen LogP contribution in [0.4, 0.5) is 5.95 Å². The van der Waals surface area contributed by atoms with Gasteiger partial charge in [-0.3, -0.25) is 4.79 Å². The Labute approximate surface area is 140 Å². The fourth-order valence-electron chi connectivity index (χ4n) is 2.78. The highest BCUT2D eigenvalue weighted by atomic mass is 16.5. The molecule has 0 aliphatic carbocycles. The molecule has 126 valence electrons. The first-order valence-corrected chi connectivity index (χ1v) is 7.77. The number of methoxy groups -OCH3 is 2. The molecule has 0 radical (unpaired) electrons. The molecule has 0 atom stereocenters. The normalized spacial score (nSPS) is 14.4. The van der Waals surface area contributed by atoms with E-state index >= 15 is 0 Å². The molecular formula is C17H20N4O3. The fraction of sp³-hybridized carbons (Fsp3) is 0.353. The second-order valence-electron chi connectivity index (χ2n) is 5.37. The maximum absolute atomic E-state index is 12.9. The van der Waals surface area contributed by atoms with Gasteiger partial charge >= 0.3 is 0 Å². The molecule has 0 bridgehead atoms. The van der Waals surface area contributed by atoms with Gasteiger partial charge < -0.3 is 19.3 Å². The second kappa shape index (κ2) is 7.16. The molecule has 24 heavy (non-hydrogen) atoms. The van der Waals surface area contributed by atoms with Crippen LogP contribution in [0.15, 0.2) is 36.7 Å². The molecule has 1 fully saturated rings. The van der Waals surface area contributed by atoms with Gasteiger partial charge in [0.05, 0.1) is 14.2 Å². The van der Waals surface area contributed by atoms with Crippen molar-refractivity contribution in [2.45, 2.75) is 0 Å². The highest BCUT2D eigenvalue weighted by molar-refractivity contribution is 5.99. The van der Waals surface area contributed by atoms with Crippen LogP contribution in [0, 0.1) is 0 Å². The summed E-state index contributed by atoms with van der Waals surface area (Å²) in [4.78, 5) is 25.3. The minimum Gasteiger partial charge on any atom is -0.496 e. The lowest BCUT2D eigenvalue weighted by Gasteiger charge is -2.35. The fourth-order valence-corrected chi connectivity index (χ4v) is 2.78. The molecule has 1 aliphatic rings. The van der Waals surface area contributed by atoms with Crippen LogP contribution < -0.4 is 14.4 Å². The molecule has 0 N–H and O–H groups in total. The zero-order valence-corrected chi connectivity index (χ0v) is 13.8. The molecule has 7 nitrogen and oxygen atoms in total. The Morgan fingerprint density at radius 1 is 0.958 bits per heavy atom. The van der Waals surface area contributed by atoms with E-state index in [1.54, 1.807) is 55.8 Å². The number of benzene rings is 1. The van der Waals surface area contributed by atoms with Crippen LogP contribution in [0.2, 0.25) is 0 Å². The molecule has 0 unspecified atom stereocenters. The van der Waals surface area contributed by atoms with Crippen LogP contribution in [0.1, 0.15) is 10.4 Å². The first-order valence-electron chi connectivity index (χ1n) is 7.77. The van der Waals surface area contributed by atoms with E-state index in [1.165, 1.54) is 0 Å². The van der Waals surface area contributed by atoms with E-state index in [2.05, 4.69) is 14.9 Å². The van der Waals surface area contributed by atoms with Crippen LogP contribution in [-0.2, 0) is 0 Å². The Hall–Kier alpha value is -2.83. The number of amides is 1. The zero-order valence-electron chi connectivity index (χ0n) is 13.8. The maximum Gasteiger partial charge on any atom is 0.261 e. The van der Waals surface area contributed by atoms with Crippen LogP contribution in [0.5, 0.6) is 11.5 Å². The quantitative estimate of drug-likeness (QED) is 0.846. The lowest BCUT2D eigenvalue weighted by molar-refractivity contribution is 0.0739. The third kappa shape index (κ3) is 3.10. The van der Waals surface area contributed by atoms with E-state index in [0.717, 1.165) is 0 Å². The Morgan fingerprint density at radius 2 is 1.54 bits per heavy atom.